The van der Waals surface area contributed by atoms with Gasteiger partial charge in [-0.1, -0.05) is 0 Å². The van der Waals surface area contributed by atoms with Gasteiger partial charge >= 0.3 is 0 Å². The van der Waals surface area contributed by atoms with Gasteiger partial charge in [0, 0.05) is 24.2 Å². The molecule has 1 saturated heterocycles. The van der Waals surface area contributed by atoms with Crippen LogP contribution in [0, 0.1) is 0 Å². The standard InChI is InChI=1S/C27H30FNO11/c1-35-14-6-5-12(9-16(14)36-2)15-10-13(30)19-18(39-15)11-17(37-3)20(24(19)38-4)25-22(32)21(31)23(33)26(40-25)27(34)29-8-7-28/h5-6,9-11,21-23,25-26,31-33H,7-8H2,1-4H3,(H,29,34)/t21-,22-,23+,25+,26+/m1/s1. The summed E-state index contributed by atoms with van der Waals surface area (Å²) >= 11 is 0. The number of ether oxygens (including phenoxy) is 5. The molecular formula is C27H30FNO11. The Labute approximate surface area is 227 Å². The van der Waals surface area contributed by atoms with E-state index < -0.39 is 48.5 Å². The van der Waals surface area contributed by atoms with Crippen molar-refractivity contribution in [2.24, 2.45) is 0 Å². The van der Waals surface area contributed by atoms with Crippen LogP contribution in [-0.4, -0.2) is 87.3 Å². The molecule has 5 atom stereocenters. The minimum Gasteiger partial charge on any atom is -0.496 e. The number of aliphatic hydroxyl groups is 3. The molecule has 0 saturated carbocycles. The van der Waals surface area contributed by atoms with Crippen molar-refractivity contribution in [3.63, 3.8) is 0 Å². The molecular weight excluding hydrogens is 533 g/mol. The largest absolute Gasteiger partial charge is 0.496 e. The summed E-state index contributed by atoms with van der Waals surface area (Å²) in [7, 11) is 5.55. The molecule has 1 aromatic heterocycles. The average Bonchev–Trinajstić information content (AvgIpc) is 2.97. The number of rotatable bonds is 9. The molecule has 1 aliphatic rings. The van der Waals surface area contributed by atoms with Crippen LogP contribution in [-0.2, 0) is 9.53 Å². The van der Waals surface area contributed by atoms with Crippen LogP contribution in [0.2, 0.25) is 0 Å². The van der Waals surface area contributed by atoms with Crippen LogP contribution in [0.1, 0.15) is 11.7 Å². The first kappa shape index (κ1) is 29.1. The third-order valence-electron chi connectivity index (χ3n) is 6.62. The monoisotopic (exact) mass is 563 g/mol. The number of amides is 1. The van der Waals surface area contributed by atoms with E-state index in [-0.39, 0.29) is 40.3 Å². The van der Waals surface area contributed by atoms with Gasteiger partial charge in [0.25, 0.3) is 5.91 Å². The van der Waals surface area contributed by atoms with Crippen molar-refractivity contribution in [1.82, 2.24) is 5.32 Å². The first-order valence-corrected chi connectivity index (χ1v) is 12.2. The number of benzene rings is 2. The molecule has 0 bridgehead atoms. The Morgan fingerprint density at radius 3 is 2.25 bits per heavy atom. The van der Waals surface area contributed by atoms with Gasteiger partial charge in [-0.2, -0.15) is 0 Å². The maximum absolute atomic E-state index is 13.4. The highest BCUT2D eigenvalue weighted by Crippen LogP contribution is 2.46. The number of carbonyl (C=O) groups is 1. The van der Waals surface area contributed by atoms with Crippen LogP contribution in [0.3, 0.4) is 0 Å². The number of carbonyl (C=O) groups excluding carboxylic acids is 1. The fourth-order valence-corrected chi connectivity index (χ4v) is 4.67. The van der Waals surface area contributed by atoms with Crippen molar-refractivity contribution in [1.29, 1.82) is 0 Å². The minimum atomic E-state index is -1.84. The molecule has 4 rings (SSSR count). The highest BCUT2D eigenvalue weighted by molar-refractivity contribution is 5.89. The molecule has 0 aliphatic carbocycles. The fraction of sp³-hybridized carbons (Fsp3) is 0.407. The van der Waals surface area contributed by atoms with Crippen LogP contribution in [0.25, 0.3) is 22.3 Å². The summed E-state index contributed by atoms with van der Waals surface area (Å²) < 4.78 is 46.0. The first-order chi connectivity index (χ1) is 19.2. The Bertz CT molecular complexity index is 1440. The highest BCUT2D eigenvalue weighted by Gasteiger charge is 2.49. The maximum Gasteiger partial charge on any atom is 0.252 e. The van der Waals surface area contributed by atoms with E-state index in [9.17, 15) is 29.3 Å². The van der Waals surface area contributed by atoms with E-state index in [0.717, 1.165) is 0 Å². The van der Waals surface area contributed by atoms with Crippen molar-refractivity contribution in [3.05, 3.63) is 46.1 Å². The van der Waals surface area contributed by atoms with E-state index >= 15 is 0 Å². The number of methoxy groups -OCH3 is 4. The normalized spacial score (nSPS) is 22.6. The van der Waals surface area contributed by atoms with Crippen molar-refractivity contribution >= 4 is 16.9 Å². The van der Waals surface area contributed by atoms with E-state index in [0.29, 0.717) is 17.1 Å². The van der Waals surface area contributed by atoms with E-state index in [2.05, 4.69) is 5.32 Å². The van der Waals surface area contributed by atoms with Crippen LogP contribution in [0.5, 0.6) is 23.0 Å². The number of hydrogen-bond acceptors (Lipinski definition) is 11. The lowest BCUT2D eigenvalue weighted by Gasteiger charge is -2.40. The lowest BCUT2D eigenvalue weighted by atomic mass is 9.89. The van der Waals surface area contributed by atoms with Crippen molar-refractivity contribution < 1.29 is 52.6 Å². The Balaban J connectivity index is 1.86. The minimum absolute atomic E-state index is 0.00888. The number of halogens is 1. The SMILES string of the molecule is COc1ccc(-c2cc(=O)c3c(OC)c([C@@H]4O[C@H](C(=O)NCCF)[C@@H](O)[C@H](O)[C@H]4O)c(OC)cc3o2)cc1OC. The predicted molar refractivity (Wildman–Crippen MR) is 139 cm³/mol. The summed E-state index contributed by atoms with van der Waals surface area (Å²) in [6, 6.07) is 7.60. The summed E-state index contributed by atoms with van der Waals surface area (Å²) in [4.78, 5) is 26.0. The topological polar surface area (TPSA) is 166 Å². The molecule has 1 amide bonds. The van der Waals surface area contributed by atoms with Gasteiger partial charge in [-0.3, -0.25) is 9.59 Å². The molecule has 2 aromatic carbocycles. The summed E-state index contributed by atoms with van der Waals surface area (Å²) in [5.74, 6) is 0.135. The van der Waals surface area contributed by atoms with Crippen molar-refractivity contribution in [2.45, 2.75) is 30.5 Å². The van der Waals surface area contributed by atoms with Gasteiger partial charge in [-0.05, 0) is 18.2 Å². The first-order valence-electron chi connectivity index (χ1n) is 12.2. The van der Waals surface area contributed by atoms with Crippen LogP contribution >= 0.6 is 0 Å². The molecule has 40 heavy (non-hydrogen) atoms. The van der Waals surface area contributed by atoms with Gasteiger partial charge in [-0.15, -0.1) is 0 Å². The molecule has 13 heteroatoms. The van der Waals surface area contributed by atoms with Gasteiger partial charge in [0.05, 0.1) is 34.0 Å². The van der Waals surface area contributed by atoms with Gasteiger partial charge in [-0.25, -0.2) is 4.39 Å². The number of hydrogen-bond donors (Lipinski definition) is 4. The highest BCUT2D eigenvalue weighted by atomic mass is 19.1. The molecule has 0 spiro atoms. The van der Waals surface area contributed by atoms with E-state index in [1.54, 1.807) is 18.2 Å². The van der Waals surface area contributed by atoms with E-state index in [4.69, 9.17) is 28.1 Å². The smallest absolute Gasteiger partial charge is 0.252 e. The van der Waals surface area contributed by atoms with Gasteiger partial charge in [0.2, 0.25) is 0 Å². The van der Waals surface area contributed by atoms with Crippen molar-refractivity contribution in [3.8, 4) is 34.3 Å². The van der Waals surface area contributed by atoms with Crippen LogP contribution in [0.4, 0.5) is 4.39 Å². The second-order valence-corrected chi connectivity index (χ2v) is 8.87. The zero-order valence-corrected chi connectivity index (χ0v) is 22.2. The maximum atomic E-state index is 13.4. The zero-order chi connectivity index (χ0) is 29.1. The number of alkyl halides is 1. The molecule has 0 radical (unpaired) electrons. The van der Waals surface area contributed by atoms with Crippen LogP contribution < -0.4 is 29.7 Å². The Morgan fingerprint density at radius 1 is 0.925 bits per heavy atom. The average molecular weight is 564 g/mol. The van der Waals surface area contributed by atoms with Crippen LogP contribution in [0.15, 0.2) is 39.5 Å². The van der Waals surface area contributed by atoms with Crippen molar-refractivity contribution in [2.75, 3.05) is 41.7 Å². The summed E-state index contributed by atoms with van der Waals surface area (Å²) in [6.07, 6.45) is -8.60. The second-order valence-electron chi connectivity index (χ2n) is 8.87. The molecule has 12 nitrogen and oxygen atoms in total. The summed E-state index contributed by atoms with van der Waals surface area (Å²) in [5, 5.41) is 34.0. The Morgan fingerprint density at radius 2 is 1.62 bits per heavy atom. The molecule has 1 aliphatic heterocycles. The number of fused-ring (bicyclic) bond motifs is 1. The molecule has 1 fully saturated rings. The molecule has 0 unspecified atom stereocenters. The molecule has 216 valence electrons. The van der Waals surface area contributed by atoms with Gasteiger partial charge in [0.15, 0.2) is 23.0 Å². The number of aliphatic hydroxyl groups excluding tert-OH is 3. The predicted octanol–water partition coefficient (Wildman–Crippen LogP) is 1.10. The molecule has 4 N–H and O–H groups in total. The summed E-state index contributed by atoms with van der Waals surface area (Å²) in [5.41, 5.74) is 0.0575. The van der Waals surface area contributed by atoms with Gasteiger partial charge in [0.1, 0.15) is 59.3 Å². The Kier molecular flexibility index (Phi) is 8.79. The third kappa shape index (κ3) is 5.16. The number of nitrogens with one attached hydrogen (secondary N) is 1. The molecule has 3 aromatic rings. The fourth-order valence-electron chi connectivity index (χ4n) is 4.67. The lowest BCUT2D eigenvalue weighted by molar-refractivity contribution is -0.223. The zero-order valence-electron chi connectivity index (χ0n) is 22.2. The van der Waals surface area contributed by atoms with E-state index in [1.165, 1.54) is 40.6 Å². The van der Waals surface area contributed by atoms with E-state index in [1.807, 2.05) is 0 Å². The summed E-state index contributed by atoms with van der Waals surface area (Å²) in [6.45, 7) is -1.21. The third-order valence-corrected chi connectivity index (χ3v) is 6.62. The Hall–Kier alpha value is -3.91. The van der Waals surface area contributed by atoms with Gasteiger partial charge < -0.3 is 48.7 Å². The second kappa shape index (κ2) is 12.1. The lowest BCUT2D eigenvalue weighted by Crippen LogP contribution is -2.59. The molecule has 2 heterocycles. The quantitative estimate of drug-likeness (QED) is 0.295.